The Morgan fingerprint density at radius 1 is 1.00 bits per heavy atom. The first kappa shape index (κ1) is 12.7. The molecular formula is C16H19NO. The molecule has 2 rings (SSSR count). The fraction of sp³-hybridized carbons (Fsp3) is 0.250. The van der Waals surface area contributed by atoms with Crippen molar-refractivity contribution in [2.45, 2.75) is 27.3 Å². The van der Waals surface area contributed by atoms with Crippen LogP contribution in [0, 0.1) is 20.8 Å². The first-order valence-electron chi connectivity index (χ1n) is 6.15. The van der Waals surface area contributed by atoms with E-state index in [2.05, 4.69) is 26.8 Å². The average molecular weight is 241 g/mol. The molecule has 0 fully saturated rings. The van der Waals surface area contributed by atoms with Gasteiger partial charge in [-0.1, -0.05) is 18.2 Å². The Labute approximate surface area is 108 Å². The van der Waals surface area contributed by atoms with E-state index in [9.17, 15) is 0 Å². The van der Waals surface area contributed by atoms with Crippen molar-refractivity contribution in [2.75, 3.05) is 0 Å². The van der Waals surface area contributed by atoms with Gasteiger partial charge in [0.25, 0.3) is 0 Å². The molecule has 0 aromatic heterocycles. The molecule has 0 bridgehead atoms. The van der Waals surface area contributed by atoms with E-state index in [1.165, 1.54) is 16.7 Å². The molecule has 2 N–H and O–H groups in total. The summed E-state index contributed by atoms with van der Waals surface area (Å²) < 4.78 is 5.93. The van der Waals surface area contributed by atoms with Gasteiger partial charge in [0.1, 0.15) is 11.5 Å². The fourth-order valence-electron chi connectivity index (χ4n) is 1.92. The molecule has 0 aliphatic heterocycles. The van der Waals surface area contributed by atoms with Gasteiger partial charge in [0.15, 0.2) is 0 Å². The van der Waals surface area contributed by atoms with Crippen LogP contribution in [0.15, 0.2) is 36.4 Å². The lowest BCUT2D eigenvalue weighted by molar-refractivity contribution is 0.477. The number of rotatable bonds is 3. The fourth-order valence-corrected chi connectivity index (χ4v) is 1.92. The van der Waals surface area contributed by atoms with Gasteiger partial charge in [-0.15, -0.1) is 0 Å². The second-order valence-corrected chi connectivity index (χ2v) is 4.59. The molecule has 2 aromatic carbocycles. The molecular weight excluding hydrogens is 222 g/mol. The molecule has 0 radical (unpaired) electrons. The van der Waals surface area contributed by atoms with Crippen molar-refractivity contribution in [2.24, 2.45) is 5.73 Å². The van der Waals surface area contributed by atoms with Crippen molar-refractivity contribution in [1.82, 2.24) is 0 Å². The van der Waals surface area contributed by atoms with Crippen LogP contribution >= 0.6 is 0 Å². The third-order valence-electron chi connectivity index (χ3n) is 3.32. The molecule has 0 unspecified atom stereocenters. The molecule has 0 heterocycles. The number of ether oxygens (including phenoxy) is 1. The average Bonchev–Trinajstić information content (AvgIpc) is 2.35. The van der Waals surface area contributed by atoms with Crippen molar-refractivity contribution in [3.63, 3.8) is 0 Å². The molecule has 0 aliphatic carbocycles. The van der Waals surface area contributed by atoms with E-state index in [4.69, 9.17) is 10.5 Å². The maximum absolute atomic E-state index is 5.93. The van der Waals surface area contributed by atoms with Crippen molar-refractivity contribution < 1.29 is 4.74 Å². The van der Waals surface area contributed by atoms with Crippen LogP contribution < -0.4 is 10.5 Å². The van der Waals surface area contributed by atoms with Crippen LogP contribution in [0.1, 0.15) is 22.3 Å². The summed E-state index contributed by atoms with van der Waals surface area (Å²) >= 11 is 0. The lowest BCUT2D eigenvalue weighted by Gasteiger charge is -2.12. The molecule has 0 atom stereocenters. The lowest BCUT2D eigenvalue weighted by Crippen LogP contribution is -1.99. The van der Waals surface area contributed by atoms with E-state index in [0.29, 0.717) is 6.54 Å². The summed E-state index contributed by atoms with van der Waals surface area (Å²) in [6.45, 7) is 6.78. The van der Waals surface area contributed by atoms with E-state index in [1.807, 2.05) is 30.3 Å². The predicted octanol–water partition coefficient (Wildman–Crippen LogP) is 3.86. The van der Waals surface area contributed by atoms with Crippen LogP contribution in [0.5, 0.6) is 11.5 Å². The van der Waals surface area contributed by atoms with Gasteiger partial charge < -0.3 is 10.5 Å². The normalized spacial score (nSPS) is 10.4. The maximum atomic E-state index is 5.93. The van der Waals surface area contributed by atoms with Gasteiger partial charge in [-0.25, -0.2) is 0 Å². The number of hydrogen-bond acceptors (Lipinski definition) is 2. The van der Waals surface area contributed by atoms with E-state index in [-0.39, 0.29) is 0 Å². The van der Waals surface area contributed by atoms with E-state index in [1.54, 1.807) is 0 Å². The minimum atomic E-state index is 0.565. The van der Waals surface area contributed by atoms with Gasteiger partial charge in [-0.3, -0.25) is 0 Å². The second-order valence-electron chi connectivity index (χ2n) is 4.59. The zero-order valence-corrected chi connectivity index (χ0v) is 11.2. The summed E-state index contributed by atoms with van der Waals surface area (Å²) in [5, 5.41) is 0. The Kier molecular flexibility index (Phi) is 3.68. The second kappa shape index (κ2) is 5.23. The smallest absolute Gasteiger partial charge is 0.130 e. The molecule has 2 nitrogen and oxygen atoms in total. The van der Waals surface area contributed by atoms with Gasteiger partial charge in [0, 0.05) is 6.54 Å². The van der Waals surface area contributed by atoms with E-state index in [0.717, 1.165) is 17.1 Å². The highest BCUT2D eigenvalue weighted by Crippen LogP contribution is 2.27. The van der Waals surface area contributed by atoms with Crippen LogP contribution in [-0.2, 0) is 6.54 Å². The third-order valence-corrected chi connectivity index (χ3v) is 3.32. The number of hydrogen-bond donors (Lipinski definition) is 1. The SMILES string of the molecule is Cc1cc(Oc2cccc(C)c2C)ccc1CN. The van der Waals surface area contributed by atoms with Crippen LogP contribution in [0.2, 0.25) is 0 Å². The van der Waals surface area contributed by atoms with Gasteiger partial charge in [-0.2, -0.15) is 0 Å². The van der Waals surface area contributed by atoms with Gasteiger partial charge in [-0.05, 0) is 61.2 Å². The number of aryl methyl sites for hydroxylation is 2. The number of nitrogens with two attached hydrogens (primary N) is 1. The summed E-state index contributed by atoms with van der Waals surface area (Å²) in [5.41, 5.74) is 10.4. The third kappa shape index (κ3) is 2.54. The van der Waals surface area contributed by atoms with Crippen molar-refractivity contribution >= 4 is 0 Å². The van der Waals surface area contributed by atoms with E-state index < -0.39 is 0 Å². The maximum Gasteiger partial charge on any atom is 0.130 e. The lowest BCUT2D eigenvalue weighted by atomic mass is 10.1. The quantitative estimate of drug-likeness (QED) is 0.885. The van der Waals surface area contributed by atoms with Crippen LogP contribution in [0.3, 0.4) is 0 Å². The molecule has 2 aromatic rings. The van der Waals surface area contributed by atoms with Crippen molar-refractivity contribution in [3.8, 4) is 11.5 Å². The van der Waals surface area contributed by atoms with Gasteiger partial charge >= 0.3 is 0 Å². The summed E-state index contributed by atoms with van der Waals surface area (Å²) in [4.78, 5) is 0. The van der Waals surface area contributed by atoms with Crippen molar-refractivity contribution in [1.29, 1.82) is 0 Å². The number of benzene rings is 2. The molecule has 0 saturated heterocycles. The first-order chi connectivity index (χ1) is 8.61. The molecule has 94 valence electrons. The molecule has 18 heavy (non-hydrogen) atoms. The topological polar surface area (TPSA) is 35.2 Å². The first-order valence-corrected chi connectivity index (χ1v) is 6.15. The Morgan fingerprint density at radius 3 is 2.44 bits per heavy atom. The highest BCUT2D eigenvalue weighted by Gasteiger charge is 2.04. The Balaban J connectivity index is 2.29. The summed E-state index contributed by atoms with van der Waals surface area (Å²) in [6, 6.07) is 12.1. The largest absolute Gasteiger partial charge is 0.457 e. The van der Waals surface area contributed by atoms with Crippen LogP contribution in [0.25, 0.3) is 0 Å². The highest BCUT2D eigenvalue weighted by molar-refractivity contribution is 5.43. The Morgan fingerprint density at radius 2 is 1.78 bits per heavy atom. The minimum absolute atomic E-state index is 0.565. The summed E-state index contributed by atoms with van der Waals surface area (Å²) in [7, 11) is 0. The van der Waals surface area contributed by atoms with Crippen LogP contribution in [0.4, 0.5) is 0 Å². The zero-order valence-electron chi connectivity index (χ0n) is 11.2. The molecule has 2 heteroatoms. The van der Waals surface area contributed by atoms with Crippen LogP contribution in [-0.4, -0.2) is 0 Å². The Bertz CT molecular complexity index is 561. The standard InChI is InChI=1S/C16H19NO/c1-11-5-4-6-16(13(11)3)18-15-8-7-14(10-17)12(2)9-15/h4-9H,10,17H2,1-3H3. The van der Waals surface area contributed by atoms with Crippen molar-refractivity contribution in [3.05, 3.63) is 58.7 Å². The molecule has 0 spiro atoms. The molecule has 0 aliphatic rings. The van der Waals surface area contributed by atoms with Gasteiger partial charge in [0.05, 0.1) is 0 Å². The summed E-state index contributed by atoms with van der Waals surface area (Å²) in [6.07, 6.45) is 0. The zero-order chi connectivity index (χ0) is 13.1. The molecule has 0 amide bonds. The minimum Gasteiger partial charge on any atom is -0.457 e. The van der Waals surface area contributed by atoms with Gasteiger partial charge in [0.2, 0.25) is 0 Å². The monoisotopic (exact) mass is 241 g/mol. The van der Waals surface area contributed by atoms with E-state index >= 15 is 0 Å². The summed E-state index contributed by atoms with van der Waals surface area (Å²) in [5.74, 6) is 1.77. The highest BCUT2D eigenvalue weighted by atomic mass is 16.5. The molecule has 0 saturated carbocycles. The predicted molar refractivity (Wildman–Crippen MR) is 75.1 cm³/mol. The Hall–Kier alpha value is -1.80.